The zero-order valence-electron chi connectivity index (χ0n) is 11.7. The zero-order chi connectivity index (χ0) is 13.7. The number of hydrogen-bond acceptors (Lipinski definition) is 3. The molecular formula is C15H22N2O2. The summed E-state index contributed by atoms with van der Waals surface area (Å²) in [5, 5.41) is 6.31. The number of methoxy groups -OCH3 is 1. The third kappa shape index (κ3) is 3.88. The lowest BCUT2D eigenvalue weighted by Crippen LogP contribution is -2.22. The molecular weight excluding hydrogens is 240 g/mol. The molecule has 2 rings (SSSR count). The van der Waals surface area contributed by atoms with Crippen molar-refractivity contribution in [3.05, 3.63) is 18.2 Å². The van der Waals surface area contributed by atoms with Gasteiger partial charge in [0.15, 0.2) is 0 Å². The van der Waals surface area contributed by atoms with Gasteiger partial charge in [0.2, 0.25) is 5.91 Å². The molecule has 1 saturated carbocycles. The number of nitrogens with one attached hydrogen (secondary N) is 2. The number of benzene rings is 1. The molecule has 4 heteroatoms. The first-order chi connectivity index (χ1) is 9.19. The molecule has 0 unspecified atom stereocenters. The predicted molar refractivity (Wildman–Crippen MR) is 77.8 cm³/mol. The summed E-state index contributed by atoms with van der Waals surface area (Å²) in [5.74, 6) is 0.599. The highest BCUT2D eigenvalue weighted by Crippen LogP contribution is 2.29. The monoisotopic (exact) mass is 262 g/mol. The van der Waals surface area contributed by atoms with Crippen molar-refractivity contribution < 1.29 is 9.53 Å². The van der Waals surface area contributed by atoms with E-state index >= 15 is 0 Å². The Hall–Kier alpha value is -1.71. The van der Waals surface area contributed by atoms with E-state index in [1.165, 1.54) is 39.0 Å². The summed E-state index contributed by atoms with van der Waals surface area (Å²) in [6.07, 6.45) is 6.42. The topological polar surface area (TPSA) is 50.4 Å². The fourth-order valence-electron chi connectivity index (χ4n) is 2.56. The molecule has 1 aliphatic rings. The fraction of sp³-hybridized carbons (Fsp3) is 0.533. The molecule has 0 bridgehead atoms. The lowest BCUT2D eigenvalue weighted by Gasteiger charge is -2.24. The molecule has 1 aromatic rings. The van der Waals surface area contributed by atoms with Crippen LogP contribution in [0.4, 0.5) is 11.4 Å². The van der Waals surface area contributed by atoms with Gasteiger partial charge in [0.1, 0.15) is 5.75 Å². The minimum Gasteiger partial charge on any atom is -0.494 e. The van der Waals surface area contributed by atoms with Crippen LogP contribution in [-0.4, -0.2) is 19.1 Å². The number of carbonyl (C=O) groups excluding carboxylic acids is 1. The Kier molecular flexibility index (Phi) is 4.66. The highest BCUT2D eigenvalue weighted by molar-refractivity contribution is 5.90. The predicted octanol–water partition coefficient (Wildman–Crippen LogP) is 3.40. The molecule has 0 atom stereocenters. The van der Waals surface area contributed by atoms with Crippen LogP contribution in [0.25, 0.3) is 0 Å². The van der Waals surface area contributed by atoms with Crippen LogP contribution in [0.5, 0.6) is 5.75 Å². The highest BCUT2D eigenvalue weighted by atomic mass is 16.5. The Morgan fingerprint density at radius 1 is 1.26 bits per heavy atom. The van der Waals surface area contributed by atoms with Gasteiger partial charge in [-0.3, -0.25) is 4.79 Å². The standard InChI is InChI=1S/C15H22N2O2/c1-11(18)16-14-9-8-13(10-15(14)19-2)17-12-6-4-3-5-7-12/h8-10,12,17H,3-7H2,1-2H3,(H,16,18). The number of anilines is 2. The summed E-state index contributed by atoms with van der Waals surface area (Å²) in [6.45, 7) is 1.49. The van der Waals surface area contributed by atoms with Crippen LogP contribution in [0.1, 0.15) is 39.0 Å². The van der Waals surface area contributed by atoms with Gasteiger partial charge in [0, 0.05) is 24.7 Å². The lowest BCUT2D eigenvalue weighted by atomic mass is 9.95. The van der Waals surface area contributed by atoms with E-state index < -0.39 is 0 Å². The molecule has 1 fully saturated rings. The Balaban J connectivity index is 2.07. The maximum Gasteiger partial charge on any atom is 0.221 e. The van der Waals surface area contributed by atoms with Gasteiger partial charge in [0.05, 0.1) is 12.8 Å². The van der Waals surface area contributed by atoms with Gasteiger partial charge in [0.25, 0.3) is 0 Å². The number of ether oxygens (including phenoxy) is 1. The van der Waals surface area contributed by atoms with E-state index in [0.717, 1.165) is 5.69 Å². The summed E-state index contributed by atoms with van der Waals surface area (Å²) >= 11 is 0. The third-order valence-electron chi connectivity index (χ3n) is 3.49. The molecule has 1 aliphatic carbocycles. The van der Waals surface area contributed by atoms with Crippen molar-refractivity contribution in [2.24, 2.45) is 0 Å². The van der Waals surface area contributed by atoms with Crippen LogP contribution in [0.15, 0.2) is 18.2 Å². The number of rotatable bonds is 4. The summed E-state index contributed by atoms with van der Waals surface area (Å²) < 4.78 is 5.32. The van der Waals surface area contributed by atoms with Crippen LogP contribution < -0.4 is 15.4 Å². The van der Waals surface area contributed by atoms with Crippen LogP contribution in [0.2, 0.25) is 0 Å². The number of amides is 1. The zero-order valence-corrected chi connectivity index (χ0v) is 11.7. The minimum atomic E-state index is -0.0914. The summed E-state index contributed by atoms with van der Waals surface area (Å²) in [7, 11) is 1.62. The van der Waals surface area contributed by atoms with Gasteiger partial charge in [-0.2, -0.15) is 0 Å². The first-order valence-corrected chi connectivity index (χ1v) is 6.91. The Morgan fingerprint density at radius 2 is 2.00 bits per heavy atom. The second-order valence-corrected chi connectivity index (χ2v) is 5.08. The Bertz CT molecular complexity index is 440. The summed E-state index contributed by atoms with van der Waals surface area (Å²) in [6, 6.07) is 6.37. The largest absolute Gasteiger partial charge is 0.494 e. The van der Waals surface area contributed by atoms with Crippen molar-refractivity contribution >= 4 is 17.3 Å². The maximum atomic E-state index is 11.1. The van der Waals surface area contributed by atoms with E-state index in [2.05, 4.69) is 10.6 Å². The van der Waals surface area contributed by atoms with Crippen molar-refractivity contribution in [2.45, 2.75) is 45.1 Å². The quantitative estimate of drug-likeness (QED) is 0.874. The minimum absolute atomic E-state index is 0.0914. The fourth-order valence-corrected chi connectivity index (χ4v) is 2.56. The van der Waals surface area contributed by atoms with E-state index in [0.29, 0.717) is 17.5 Å². The average Bonchev–Trinajstić information content (AvgIpc) is 2.41. The average molecular weight is 262 g/mol. The van der Waals surface area contributed by atoms with Crippen LogP contribution in [0.3, 0.4) is 0 Å². The van der Waals surface area contributed by atoms with Crippen molar-refractivity contribution in [3.8, 4) is 5.75 Å². The van der Waals surface area contributed by atoms with Gasteiger partial charge in [-0.25, -0.2) is 0 Å². The Morgan fingerprint density at radius 3 is 2.63 bits per heavy atom. The van der Waals surface area contributed by atoms with Crippen molar-refractivity contribution in [2.75, 3.05) is 17.7 Å². The van der Waals surface area contributed by atoms with E-state index in [1.807, 2.05) is 18.2 Å². The maximum absolute atomic E-state index is 11.1. The highest BCUT2D eigenvalue weighted by Gasteiger charge is 2.14. The first kappa shape index (κ1) is 13.7. The van der Waals surface area contributed by atoms with Crippen molar-refractivity contribution in [3.63, 3.8) is 0 Å². The van der Waals surface area contributed by atoms with Gasteiger partial charge >= 0.3 is 0 Å². The Labute approximate surface area is 114 Å². The van der Waals surface area contributed by atoms with Gasteiger partial charge in [-0.05, 0) is 25.0 Å². The van der Waals surface area contributed by atoms with Crippen LogP contribution in [-0.2, 0) is 4.79 Å². The van der Waals surface area contributed by atoms with E-state index in [-0.39, 0.29) is 5.91 Å². The molecule has 2 N–H and O–H groups in total. The number of hydrogen-bond donors (Lipinski definition) is 2. The van der Waals surface area contributed by atoms with Gasteiger partial charge in [-0.15, -0.1) is 0 Å². The smallest absolute Gasteiger partial charge is 0.221 e. The van der Waals surface area contributed by atoms with Crippen molar-refractivity contribution in [1.82, 2.24) is 0 Å². The van der Waals surface area contributed by atoms with Crippen LogP contribution >= 0.6 is 0 Å². The molecule has 0 spiro atoms. The second kappa shape index (κ2) is 6.45. The molecule has 0 aromatic heterocycles. The molecule has 0 radical (unpaired) electrons. The lowest BCUT2D eigenvalue weighted by molar-refractivity contribution is -0.114. The normalized spacial score (nSPS) is 15.9. The molecule has 1 aromatic carbocycles. The molecule has 0 aliphatic heterocycles. The molecule has 1 amide bonds. The van der Waals surface area contributed by atoms with Crippen LogP contribution in [0, 0.1) is 0 Å². The summed E-state index contributed by atoms with van der Waals surface area (Å²) in [4.78, 5) is 11.1. The second-order valence-electron chi connectivity index (χ2n) is 5.08. The molecule has 0 heterocycles. The molecule has 4 nitrogen and oxygen atoms in total. The third-order valence-corrected chi connectivity index (χ3v) is 3.49. The van der Waals surface area contributed by atoms with E-state index in [1.54, 1.807) is 7.11 Å². The first-order valence-electron chi connectivity index (χ1n) is 6.91. The SMILES string of the molecule is COc1cc(NC2CCCCC2)ccc1NC(C)=O. The molecule has 0 saturated heterocycles. The van der Waals surface area contributed by atoms with Gasteiger partial charge < -0.3 is 15.4 Å². The van der Waals surface area contributed by atoms with Crippen molar-refractivity contribution in [1.29, 1.82) is 0 Å². The summed E-state index contributed by atoms with van der Waals surface area (Å²) in [5.41, 5.74) is 1.77. The molecule has 19 heavy (non-hydrogen) atoms. The number of carbonyl (C=O) groups is 1. The van der Waals surface area contributed by atoms with Gasteiger partial charge in [-0.1, -0.05) is 19.3 Å². The molecule has 104 valence electrons. The van der Waals surface area contributed by atoms with E-state index in [9.17, 15) is 4.79 Å². The van der Waals surface area contributed by atoms with E-state index in [4.69, 9.17) is 4.74 Å².